The Labute approximate surface area is 124 Å². The van der Waals surface area contributed by atoms with Gasteiger partial charge < -0.3 is 0 Å². The minimum absolute atomic E-state index is 0.476. The van der Waals surface area contributed by atoms with E-state index in [9.17, 15) is 0 Å². The average molecular weight is 291 g/mol. The molecule has 4 nitrogen and oxygen atoms in total. The molecule has 3 heterocycles. The van der Waals surface area contributed by atoms with E-state index in [-0.39, 0.29) is 0 Å². The zero-order valence-corrected chi connectivity index (χ0v) is 12.6. The number of hydrogen-bond donors (Lipinski definition) is 0. The first-order valence-electron chi connectivity index (χ1n) is 6.97. The van der Waals surface area contributed by atoms with Crippen LogP contribution in [0.25, 0.3) is 0 Å². The third-order valence-electron chi connectivity index (χ3n) is 3.89. The molecule has 5 heteroatoms. The second-order valence-corrected chi connectivity index (χ2v) is 5.92. The van der Waals surface area contributed by atoms with Crippen molar-refractivity contribution in [2.75, 3.05) is 13.1 Å². The summed E-state index contributed by atoms with van der Waals surface area (Å²) in [7, 11) is 0. The van der Waals surface area contributed by atoms with Crippen LogP contribution in [0.1, 0.15) is 29.4 Å². The van der Waals surface area contributed by atoms with Gasteiger partial charge in [0, 0.05) is 37.7 Å². The van der Waals surface area contributed by atoms with Gasteiger partial charge in [-0.1, -0.05) is 11.6 Å². The second kappa shape index (κ2) is 5.54. The van der Waals surface area contributed by atoms with Gasteiger partial charge in [0.1, 0.15) is 0 Å². The lowest BCUT2D eigenvalue weighted by atomic mass is 10.2. The molecule has 2 aromatic heterocycles. The van der Waals surface area contributed by atoms with E-state index in [0.29, 0.717) is 6.04 Å². The fourth-order valence-electron chi connectivity index (χ4n) is 2.94. The number of nitrogens with zero attached hydrogens (tertiary/aromatic N) is 4. The van der Waals surface area contributed by atoms with Gasteiger partial charge in [0.05, 0.1) is 16.8 Å². The zero-order valence-electron chi connectivity index (χ0n) is 11.9. The van der Waals surface area contributed by atoms with Crippen molar-refractivity contribution in [1.82, 2.24) is 19.7 Å². The summed E-state index contributed by atoms with van der Waals surface area (Å²) in [5.41, 5.74) is 3.49. The molecule has 1 aliphatic heterocycles. The van der Waals surface area contributed by atoms with E-state index in [1.807, 2.05) is 13.0 Å². The lowest BCUT2D eigenvalue weighted by Crippen LogP contribution is -2.22. The molecule has 1 atom stereocenters. The third-order valence-corrected chi connectivity index (χ3v) is 4.23. The minimum atomic E-state index is 0.476. The smallest absolute Gasteiger partial charge is 0.0661 e. The number of aryl methyl sites for hydroxylation is 2. The monoisotopic (exact) mass is 290 g/mol. The Balaban J connectivity index is 1.68. The predicted octanol–water partition coefficient (Wildman–Crippen LogP) is 3.00. The van der Waals surface area contributed by atoms with E-state index in [4.69, 9.17) is 11.6 Å². The molecule has 20 heavy (non-hydrogen) atoms. The first kappa shape index (κ1) is 13.6. The number of halogens is 1. The quantitative estimate of drug-likeness (QED) is 0.871. The molecule has 1 fully saturated rings. The van der Waals surface area contributed by atoms with E-state index in [1.54, 1.807) is 12.4 Å². The molecule has 0 amide bonds. The minimum Gasteiger partial charge on any atom is -0.297 e. The van der Waals surface area contributed by atoms with Gasteiger partial charge >= 0.3 is 0 Å². The molecule has 0 saturated carbocycles. The van der Waals surface area contributed by atoms with Gasteiger partial charge in [-0.05, 0) is 38.0 Å². The number of likely N-dealkylation sites (tertiary alicyclic amines) is 1. The molecule has 0 bridgehead atoms. The van der Waals surface area contributed by atoms with E-state index in [2.05, 4.69) is 32.7 Å². The molecule has 0 N–H and O–H groups in total. The highest BCUT2D eigenvalue weighted by Crippen LogP contribution is 2.25. The highest BCUT2D eigenvalue weighted by Gasteiger charge is 2.25. The Morgan fingerprint density at radius 1 is 1.40 bits per heavy atom. The van der Waals surface area contributed by atoms with Crippen molar-refractivity contribution in [2.45, 2.75) is 32.9 Å². The van der Waals surface area contributed by atoms with Crippen LogP contribution < -0.4 is 0 Å². The van der Waals surface area contributed by atoms with Gasteiger partial charge in [-0.2, -0.15) is 5.10 Å². The molecule has 3 rings (SSSR count). The van der Waals surface area contributed by atoms with Gasteiger partial charge in [0.2, 0.25) is 0 Å². The average Bonchev–Trinajstić information content (AvgIpc) is 2.99. The first-order chi connectivity index (χ1) is 9.63. The maximum absolute atomic E-state index is 6.18. The van der Waals surface area contributed by atoms with Crippen LogP contribution in [0.5, 0.6) is 0 Å². The Morgan fingerprint density at radius 2 is 2.25 bits per heavy atom. The summed E-state index contributed by atoms with van der Waals surface area (Å²) in [5.74, 6) is 0. The second-order valence-electron chi connectivity index (χ2n) is 5.52. The van der Waals surface area contributed by atoms with E-state index in [0.717, 1.165) is 42.3 Å². The lowest BCUT2D eigenvalue weighted by Gasteiger charge is -2.17. The molecular weight excluding hydrogens is 272 g/mol. The van der Waals surface area contributed by atoms with Crippen molar-refractivity contribution in [3.8, 4) is 0 Å². The Bertz CT molecular complexity index is 608. The van der Waals surface area contributed by atoms with Gasteiger partial charge in [0.25, 0.3) is 0 Å². The molecule has 2 aromatic rings. The van der Waals surface area contributed by atoms with Crippen LogP contribution in [0, 0.1) is 13.8 Å². The summed E-state index contributed by atoms with van der Waals surface area (Å²) in [6, 6.07) is 4.62. The number of rotatable bonds is 3. The van der Waals surface area contributed by atoms with Crippen molar-refractivity contribution in [2.24, 2.45) is 0 Å². The maximum Gasteiger partial charge on any atom is 0.0661 e. The molecular formula is C15H19ClN4. The Morgan fingerprint density at radius 3 is 2.95 bits per heavy atom. The van der Waals surface area contributed by atoms with Crippen molar-refractivity contribution < 1.29 is 0 Å². The van der Waals surface area contributed by atoms with Gasteiger partial charge in [0.15, 0.2) is 0 Å². The van der Waals surface area contributed by atoms with Crippen LogP contribution >= 0.6 is 11.6 Å². The van der Waals surface area contributed by atoms with Crippen LogP contribution in [-0.2, 0) is 6.54 Å². The highest BCUT2D eigenvalue weighted by molar-refractivity contribution is 6.31. The van der Waals surface area contributed by atoms with Crippen LogP contribution in [-0.4, -0.2) is 32.8 Å². The van der Waals surface area contributed by atoms with Crippen molar-refractivity contribution in [3.63, 3.8) is 0 Å². The van der Waals surface area contributed by atoms with Crippen molar-refractivity contribution in [1.29, 1.82) is 0 Å². The summed E-state index contributed by atoms with van der Waals surface area (Å²) < 4.78 is 2.17. The fourth-order valence-corrected chi connectivity index (χ4v) is 3.12. The first-order valence-corrected chi connectivity index (χ1v) is 7.35. The van der Waals surface area contributed by atoms with E-state index in [1.165, 1.54) is 5.69 Å². The summed E-state index contributed by atoms with van der Waals surface area (Å²) in [5, 5.41) is 5.36. The maximum atomic E-state index is 6.18. The molecule has 0 aliphatic carbocycles. The Hall–Kier alpha value is -1.39. The highest BCUT2D eigenvalue weighted by atomic mass is 35.5. The molecule has 1 aliphatic rings. The van der Waals surface area contributed by atoms with E-state index < -0.39 is 0 Å². The molecule has 0 radical (unpaired) electrons. The normalized spacial score (nSPS) is 19.6. The topological polar surface area (TPSA) is 34.0 Å². The summed E-state index contributed by atoms with van der Waals surface area (Å²) in [6.07, 6.45) is 4.66. The molecule has 1 saturated heterocycles. The SMILES string of the molecule is Cc1cc(C)n(C2CCN(Cc3ccncc3Cl)C2)n1. The molecule has 0 aromatic carbocycles. The lowest BCUT2D eigenvalue weighted by molar-refractivity contribution is 0.310. The van der Waals surface area contributed by atoms with E-state index >= 15 is 0 Å². The standard InChI is InChI=1S/C15H19ClN4/c1-11-7-12(2)20(18-11)14-4-6-19(10-14)9-13-3-5-17-8-15(13)16/h3,5,7-8,14H,4,6,9-10H2,1-2H3. The van der Waals surface area contributed by atoms with Crippen molar-refractivity contribution >= 4 is 11.6 Å². The number of pyridine rings is 1. The largest absolute Gasteiger partial charge is 0.297 e. The molecule has 106 valence electrons. The summed E-state index contributed by atoms with van der Waals surface area (Å²) in [4.78, 5) is 6.46. The summed E-state index contributed by atoms with van der Waals surface area (Å²) >= 11 is 6.18. The van der Waals surface area contributed by atoms with Gasteiger partial charge in [-0.3, -0.25) is 14.6 Å². The van der Waals surface area contributed by atoms with Crippen molar-refractivity contribution in [3.05, 3.63) is 46.5 Å². The third kappa shape index (κ3) is 2.72. The van der Waals surface area contributed by atoms with Gasteiger partial charge in [-0.15, -0.1) is 0 Å². The number of aromatic nitrogens is 3. The molecule has 0 spiro atoms. The summed E-state index contributed by atoms with van der Waals surface area (Å²) in [6.45, 7) is 7.18. The van der Waals surface area contributed by atoms with Crippen LogP contribution in [0.2, 0.25) is 5.02 Å². The predicted molar refractivity (Wildman–Crippen MR) is 79.9 cm³/mol. The fraction of sp³-hybridized carbons (Fsp3) is 0.467. The number of hydrogen-bond acceptors (Lipinski definition) is 3. The Kier molecular flexibility index (Phi) is 3.76. The molecule has 1 unspecified atom stereocenters. The van der Waals surface area contributed by atoms with Crippen LogP contribution in [0.4, 0.5) is 0 Å². The van der Waals surface area contributed by atoms with Crippen LogP contribution in [0.15, 0.2) is 24.5 Å². The van der Waals surface area contributed by atoms with Gasteiger partial charge in [-0.25, -0.2) is 0 Å². The van der Waals surface area contributed by atoms with Crippen LogP contribution in [0.3, 0.4) is 0 Å². The zero-order chi connectivity index (χ0) is 14.1.